The van der Waals surface area contributed by atoms with Crippen LogP contribution in [-0.2, 0) is 4.79 Å². The number of methoxy groups -OCH3 is 2. The Bertz CT molecular complexity index is 1290. The van der Waals surface area contributed by atoms with Gasteiger partial charge in [-0.1, -0.05) is 69.4 Å². The van der Waals surface area contributed by atoms with E-state index in [1.165, 1.54) is 33.3 Å². The Balaban J connectivity index is 2.23. The number of rotatable bonds is 16. The van der Waals surface area contributed by atoms with Gasteiger partial charge >= 0.3 is 0 Å². The van der Waals surface area contributed by atoms with Crippen molar-refractivity contribution in [2.75, 3.05) is 14.2 Å². The Hall–Kier alpha value is -4.06. The molecule has 2 unspecified atom stereocenters. The van der Waals surface area contributed by atoms with Crippen molar-refractivity contribution in [3.05, 3.63) is 95.6 Å². The zero-order valence-corrected chi connectivity index (χ0v) is 23.8. The van der Waals surface area contributed by atoms with Crippen molar-refractivity contribution in [3.63, 3.8) is 0 Å². The van der Waals surface area contributed by atoms with Crippen LogP contribution >= 0.6 is 0 Å². The first-order valence-corrected chi connectivity index (χ1v) is 13.8. The average Bonchev–Trinajstić information content (AvgIpc) is 3.00. The van der Waals surface area contributed by atoms with E-state index in [1.807, 2.05) is 0 Å². The second-order valence-corrected chi connectivity index (χ2v) is 9.97. The van der Waals surface area contributed by atoms with E-state index in [0.717, 1.165) is 25.7 Å². The predicted molar refractivity (Wildman–Crippen MR) is 155 cm³/mol. The second-order valence-electron chi connectivity index (χ2n) is 9.97. The fourth-order valence-corrected chi connectivity index (χ4v) is 5.22. The molecule has 3 rings (SSSR count). The maximum Gasteiger partial charge on any atom is 0.185 e. The van der Waals surface area contributed by atoms with Gasteiger partial charge in [-0.05, 0) is 61.9 Å². The van der Waals surface area contributed by atoms with Crippen LogP contribution in [-0.4, -0.2) is 37.4 Å². The predicted octanol–water partition coefficient (Wildman–Crippen LogP) is 7.20. The molecule has 3 aromatic rings. The summed E-state index contributed by atoms with van der Waals surface area (Å²) < 4.78 is 10.5. The maximum absolute atomic E-state index is 14.5. The summed E-state index contributed by atoms with van der Waals surface area (Å²) in [4.78, 5) is 57.0. The summed E-state index contributed by atoms with van der Waals surface area (Å²) >= 11 is 0. The molecule has 6 nitrogen and oxygen atoms in total. The number of ether oxygens (including phenoxy) is 2. The minimum Gasteiger partial charge on any atom is -0.497 e. The summed E-state index contributed by atoms with van der Waals surface area (Å²) in [6.07, 6.45) is 4.70. The maximum atomic E-state index is 14.5. The molecule has 0 bridgehead atoms. The molecule has 0 N–H and O–H groups in total. The van der Waals surface area contributed by atoms with E-state index in [-0.39, 0.29) is 17.5 Å². The Kier molecular flexibility index (Phi) is 10.9. The number of hydrogen-bond donors (Lipinski definition) is 0. The molecule has 0 heterocycles. The van der Waals surface area contributed by atoms with E-state index in [4.69, 9.17) is 9.47 Å². The largest absolute Gasteiger partial charge is 0.497 e. The molecule has 0 spiro atoms. The summed E-state index contributed by atoms with van der Waals surface area (Å²) in [7, 11) is 3.04. The first-order valence-electron chi connectivity index (χ1n) is 13.8. The first kappa shape index (κ1) is 30.5. The van der Waals surface area contributed by atoms with E-state index in [1.54, 1.807) is 66.7 Å². The molecular weight excluding hydrogens is 504 g/mol. The highest BCUT2D eigenvalue weighted by molar-refractivity contribution is 6.34. The fourth-order valence-electron chi connectivity index (χ4n) is 5.22. The standard InChI is InChI=1S/C34H38O6/c1-5-6-7-8-12-15-30(31(36)25-16-20-28(39-3)21-17-25)34(24(2)35,32(37)26-13-10-9-11-14-26)33(38)27-18-22-29(40-4)23-19-27/h9-11,13-14,16-23,30H,5-8,12,15H2,1-4H3. The zero-order chi connectivity index (χ0) is 29.1. The molecule has 0 aromatic heterocycles. The lowest BCUT2D eigenvalue weighted by Gasteiger charge is -2.36. The Morgan fingerprint density at radius 2 is 1.12 bits per heavy atom. The number of Topliss-reactive ketones (excluding diaryl/α,β-unsaturated/α-hetero) is 4. The van der Waals surface area contributed by atoms with Crippen LogP contribution in [0.3, 0.4) is 0 Å². The van der Waals surface area contributed by atoms with Crippen molar-refractivity contribution in [3.8, 4) is 11.5 Å². The summed E-state index contributed by atoms with van der Waals surface area (Å²) in [6, 6.07) is 21.1. The number of carbonyl (C=O) groups excluding carboxylic acids is 4. The van der Waals surface area contributed by atoms with E-state index in [2.05, 4.69) is 6.92 Å². The topological polar surface area (TPSA) is 86.7 Å². The highest BCUT2D eigenvalue weighted by atomic mass is 16.5. The van der Waals surface area contributed by atoms with Gasteiger partial charge in [-0.2, -0.15) is 0 Å². The molecule has 0 aliphatic rings. The van der Waals surface area contributed by atoms with Crippen LogP contribution in [0.15, 0.2) is 78.9 Å². The van der Waals surface area contributed by atoms with Gasteiger partial charge in [0, 0.05) is 22.6 Å². The molecule has 3 aromatic carbocycles. The summed E-state index contributed by atoms with van der Waals surface area (Å²) in [6.45, 7) is 3.36. The number of unbranched alkanes of at least 4 members (excludes halogenated alkanes) is 4. The van der Waals surface area contributed by atoms with E-state index in [0.29, 0.717) is 23.5 Å². The minimum atomic E-state index is -2.24. The summed E-state index contributed by atoms with van der Waals surface area (Å²) in [5, 5.41) is 0. The number of benzene rings is 3. The molecule has 0 saturated carbocycles. The summed E-state index contributed by atoms with van der Waals surface area (Å²) in [5.41, 5.74) is -1.55. The molecule has 40 heavy (non-hydrogen) atoms. The van der Waals surface area contributed by atoms with Crippen LogP contribution in [0.1, 0.15) is 83.4 Å². The molecule has 0 saturated heterocycles. The Morgan fingerprint density at radius 1 is 0.650 bits per heavy atom. The third-order valence-corrected chi connectivity index (χ3v) is 7.47. The molecule has 0 aliphatic carbocycles. The molecule has 0 radical (unpaired) electrons. The normalized spacial score (nSPS) is 13.1. The average molecular weight is 543 g/mol. The number of ketones is 4. The molecule has 0 amide bonds. The SMILES string of the molecule is CCCCCCCC(C(=O)c1ccc(OC)cc1)C(C(C)=O)(C(=O)c1ccccc1)C(=O)c1ccc(OC)cc1. The van der Waals surface area contributed by atoms with Gasteiger partial charge in [0.05, 0.1) is 14.2 Å². The molecule has 0 fully saturated rings. The van der Waals surface area contributed by atoms with Gasteiger partial charge in [0.1, 0.15) is 11.5 Å². The quantitative estimate of drug-likeness (QED) is 0.108. The van der Waals surface area contributed by atoms with Crippen LogP contribution in [0.5, 0.6) is 11.5 Å². The van der Waals surface area contributed by atoms with Gasteiger partial charge in [0.25, 0.3) is 0 Å². The lowest BCUT2D eigenvalue weighted by Crippen LogP contribution is -2.53. The van der Waals surface area contributed by atoms with Crippen LogP contribution in [0.2, 0.25) is 0 Å². The van der Waals surface area contributed by atoms with Gasteiger partial charge in [0.2, 0.25) is 0 Å². The minimum absolute atomic E-state index is 0.166. The molecule has 2 atom stereocenters. The van der Waals surface area contributed by atoms with Crippen molar-refractivity contribution in [2.24, 2.45) is 11.3 Å². The highest BCUT2D eigenvalue weighted by Crippen LogP contribution is 2.42. The smallest absolute Gasteiger partial charge is 0.185 e. The number of carbonyl (C=O) groups is 4. The second kappa shape index (κ2) is 14.4. The van der Waals surface area contributed by atoms with Gasteiger partial charge in [0.15, 0.2) is 28.5 Å². The molecule has 210 valence electrons. The van der Waals surface area contributed by atoms with Crippen LogP contribution in [0.25, 0.3) is 0 Å². The molecule has 0 aliphatic heterocycles. The monoisotopic (exact) mass is 542 g/mol. The van der Waals surface area contributed by atoms with E-state index < -0.39 is 34.5 Å². The van der Waals surface area contributed by atoms with Gasteiger partial charge in [-0.3, -0.25) is 19.2 Å². The summed E-state index contributed by atoms with van der Waals surface area (Å²) in [5.74, 6) is -2.51. The number of hydrogen-bond acceptors (Lipinski definition) is 6. The lowest BCUT2D eigenvalue weighted by molar-refractivity contribution is -0.123. The van der Waals surface area contributed by atoms with Gasteiger partial charge < -0.3 is 9.47 Å². The van der Waals surface area contributed by atoms with Crippen molar-refractivity contribution in [2.45, 2.75) is 52.4 Å². The third-order valence-electron chi connectivity index (χ3n) is 7.47. The van der Waals surface area contributed by atoms with Crippen molar-refractivity contribution in [1.82, 2.24) is 0 Å². The lowest BCUT2D eigenvalue weighted by atomic mass is 9.60. The van der Waals surface area contributed by atoms with Crippen molar-refractivity contribution in [1.29, 1.82) is 0 Å². The van der Waals surface area contributed by atoms with Crippen LogP contribution < -0.4 is 9.47 Å². The fraction of sp³-hybridized carbons (Fsp3) is 0.353. The van der Waals surface area contributed by atoms with E-state index in [9.17, 15) is 19.2 Å². The Labute approximate surface area is 236 Å². The van der Waals surface area contributed by atoms with Crippen LogP contribution in [0, 0.1) is 11.3 Å². The highest BCUT2D eigenvalue weighted by Gasteiger charge is 2.58. The van der Waals surface area contributed by atoms with Crippen molar-refractivity contribution < 1.29 is 28.7 Å². The van der Waals surface area contributed by atoms with Gasteiger partial charge in [-0.25, -0.2) is 0 Å². The van der Waals surface area contributed by atoms with E-state index >= 15 is 0 Å². The zero-order valence-electron chi connectivity index (χ0n) is 23.8. The van der Waals surface area contributed by atoms with Crippen LogP contribution in [0.4, 0.5) is 0 Å². The van der Waals surface area contributed by atoms with Gasteiger partial charge in [-0.15, -0.1) is 0 Å². The van der Waals surface area contributed by atoms with Crippen molar-refractivity contribution >= 4 is 23.1 Å². The third kappa shape index (κ3) is 6.56. The molecular formula is C34H38O6. The molecule has 6 heteroatoms. The first-order chi connectivity index (χ1) is 19.3. The Morgan fingerprint density at radius 3 is 1.60 bits per heavy atom.